The van der Waals surface area contributed by atoms with E-state index in [9.17, 15) is 13.6 Å². The number of hydrogen-bond donors (Lipinski definition) is 0. The van der Waals surface area contributed by atoms with Crippen molar-refractivity contribution in [3.8, 4) is 11.6 Å². The van der Waals surface area contributed by atoms with Crippen LogP contribution in [-0.4, -0.2) is 32.3 Å². The maximum atomic E-state index is 12.8. The highest BCUT2D eigenvalue weighted by atomic mass is 19.3. The molecule has 1 aromatic rings. The largest absolute Gasteiger partial charge is 0.496 e. The zero-order chi connectivity index (χ0) is 13.0. The number of carbonyl (C=O) groups is 1. The molecule has 0 saturated carbocycles. The number of carbonyl (C=O) groups excluding carboxylic acids is 1. The number of aromatic nitrogens is 1. The van der Waals surface area contributed by atoms with Gasteiger partial charge in [-0.15, -0.1) is 0 Å². The summed E-state index contributed by atoms with van der Waals surface area (Å²) in [6, 6.07) is 1.17. The van der Waals surface area contributed by atoms with Gasteiger partial charge in [-0.3, -0.25) is 0 Å². The van der Waals surface area contributed by atoms with Crippen molar-refractivity contribution in [1.29, 1.82) is 0 Å². The lowest BCUT2D eigenvalue weighted by atomic mass is 10.1. The molecule has 5 nitrogen and oxygen atoms in total. The maximum Gasteiger partial charge on any atom is 0.357 e. The second-order valence-electron chi connectivity index (χ2n) is 2.92. The quantitative estimate of drug-likeness (QED) is 0.759. The lowest BCUT2D eigenvalue weighted by Gasteiger charge is -2.12. The van der Waals surface area contributed by atoms with Crippen molar-refractivity contribution in [2.24, 2.45) is 0 Å². The molecule has 7 heteroatoms. The highest BCUT2D eigenvalue weighted by Crippen LogP contribution is 2.34. The van der Waals surface area contributed by atoms with E-state index in [1.54, 1.807) is 0 Å². The van der Waals surface area contributed by atoms with Crippen molar-refractivity contribution >= 4 is 5.97 Å². The van der Waals surface area contributed by atoms with Crippen LogP contribution in [-0.2, 0) is 4.74 Å². The summed E-state index contributed by atoms with van der Waals surface area (Å²) < 4.78 is 39.6. The summed E-state index contributed by atoms with van der Waals surface area (Å²) >= 11 is 0. The third kappa shape index (κ3) is 2.61. The van der Waals surface area contributed by atoms with Gasteiger partial charge in [0.2, 0.25) is 5.88 Å². The Kier molecular flexibility index (Phi) is 4.19. The van der Waals surface area contributed by atoms with Gasteiger partial charge < -0.3 is 14.2 Å². The molecule has 17 heavy (non-hydrogen) atoms. The van der Waals surface area contributed by atoms with Gasteiger partial charge in [0.15, 0.2) is 5.69 Å². The Morgan fingerprint density at radius 3 is 2.35 bits per heavy atom. The Morgan fingerprint density at radius 1 is 1.29 bits per heavy atom. The second-order valence-corrected chi connectivity index (χ2v) is 2.92. The van der Waals surface area contributed by atoms with Crippen LogP contribution in [0.15, 0.2) is 6.07 Å². The fraction of sp³-hybridized carbons (Fsp3) is 0.400. The van der Waals surface area contributed by atoms with E-state index in [4.69, 9.17) is 9.47 Å². The second kappa shape index (κ2) is 5.42. The van der Waals surface area contributed by atoms with Gasteiger partial charge in [-0.05, 0) is 0 Å². The molecule has 0 bridgehead atoms. The van der Waals surface area contributed by atoms with Gasteiger partial charge in [0.1, 0.15) is 5.75 Å². The van der Waals surface area contributed by atoms with Crippen molar-refractivity contribution in [2.75, 3.05) is 21.3 Å². The average molecular weight is 247 g/mol. The van der Waals surface area contributed by atoms with E-state index >= 15 is 0 Å². The molecule has 0 aliphatic rings. The van der Waals surface area contributed by atoms with Gasteiger partial charge in [0, 0.05) is 6.07 Å². The highest BCUT2D eigenvalue weighted by Gasteiger charge is 2.26. The first-order chi connectivity index (χ1) is 8.04. The summed E-state index contributed by atoms with van der Waals surface area (Å²) in [6.45, 7) is 0. The van der Waals surface area contributed by atoms with Crippen molar-refractivity contribution in [3.63, 3.8) is 0 Å². The summed E-state index contributed by atoms with van der Waals surface area (Å²) in [5, 5.41) is 0. The highest BCUT2D eigenvalue weighted by molar-refractivity contribution is 5.90. The fourth-order valence-electron chi connectivity index (χ4n) is 1.25. The van der Waals surface area contributed by atoms with Crippen LogP contribution in [0.4, 0.5) is 8.78 Å². The van der Waals surface area contributed by atoms with E-state index in [0.717, 1.165) is 7.11 Å². The van der Waals surface area contributed by atoms with E-state index in [-0.39, 0.29) is 11.6 Å². The number of esters is 1. The topological polar surface area (TPSA) is 57.7 Å². The molecule has 0 aliphatic heterocycles. The minimum absolute atomic E-state index is 0.00773. The van der Waals surface area contributed by atoms with Gasteiger partial charge in [-0.2, -0.15) is 0 Å². The zero-order valence-electron chi connectivity index (χ0n) is 9.49. The molecule has 0 atom stereocenters. The molecular weight excluding hydrogens is 236 g/mol. The molecule has 1 aromatic heterocycles. The first-order valence-electron chi connectivity index (χ1n) is 4.54. The van der Waals surface area contributed by atoms with E-state index in [0.29, 0.717) is 0 Å². The van der Waals surface area contributed by atoms with Crippen LogP contribution < -0.4 is 9.47 Å². The summed E-state index contributed by atoms with van der Waals surface area (Å²) in [6.07, 6.45) is -2.91. The number of ether oxygens (including phenoxy) is 3. The Labute approximate surface area is 96.3 Å². The lowest BCUT2D eigenvalue weighted by molar-refractivity contribution is 0.0578. The predicted molar refractivity (Wildman–Crippen MR) is 53.6 cm³/mol. The van der Waals surface area contributed by atoms with Gasteiger partial charge >= 0.3 is 5.97 Å². The third-order valence-electron chi connectivity index (χ3n) is 2.02. The maximum absolute atomic E-state index is 12.8. The Hall–Kier alpha value is -1.92. The van der Waals surface area contributed by atoms with Crippen LogP contribution in [0.1, 0.15) is 22.5 Å². The zero-order valence-corrected chi connectivity index (χ0v) is 9.49. The Bertz CT molecular complexity index is 423. The molecule has 1 rings (SSSR count). The number of methoxy groups -OCH3 is 3. The molecule has 0 aromatic carbocycles. The number of rotatable bonds is 4. The van der Waals surface area contributed by atoms with Gasteiger partial charge in [-0.1, -0.05) is 0 Å². The molecule has 0 aliphatic carbocycles. The number of pyridine rings is 1. The normalized spacial score (nSPS) is 10.2. The first-order valence-corrected chi connectivity index (χ1v) is 4.54. The Morgan fingerprint density at radius 2 is 1.94 bits per heavy atom. The monoisotopic (exact) mass is 247 g/mol. The van der Waals surface area contributed by atoms with Crippen molar-refractivity contribution in [3.05, 3.63) is 17.3 Å². The SMILES string of the molecule is COC(=O)c1nc(OC)cc(OC)c1C(F)F. The van der Waals surface area contributed by atoms with Crippen LogP contribution in [0.25, 0.3) is 0 Å². The van der Waals surface area contributed by atoms with Crippen molar-refractivity contribution in [1.82, 2.24) is 4.98 Å². The van der Waals surface area contributed by atoms with Crippen LogP contribution in [0, 0.1) is 0 Å². The molecule has 0 unspecified atom stereocenters. The molecule has 94 valence electrons. The van der Waals surface area contributed by atoms with Crippen molar-refractivity contribution in [2.45, 2.75) is 6.43 Å². The lowest BCUT2D eigenvalue weighted by Crippen LogP contribution is -2.11. The molecule has 0 amide bonds. The molecule has 0 saturated heterocycles. The number of alkyl halides is 2. The summed E-state index contributed by atoms with van der Waals surface area (Å²) in [5.74, 6) is -1.16. The molecule has 0 radical (unpaired) electrons. The molecule has 0 N–H and O–H groups in total. The van der Waals surface area contributed by atoms with Crippen LogP contribution >= 0.6 is 0 Å². The van der Waals surface area contributed by atoms with Gasteiger partial charge in [0.05, 0.1) is 26.9 Å². The Balaban J connectivity index is 3.46. The average Bonchev–Trinajstić information content (AvgIpc) is 2.35. The summed E-state index contributed by atoms with van der Waals surface area (Å²) in [4.78, 5) is 15.0. The van der Waals surface area contributed by atoms with Crippen LogP contribution in [0.2, 0.25) is 0 Å². The van der Waals surface area contributed by atoms with Crippen LogP contribution in [0.3, 0.4) is 0 Å². The third-order valence-corrected chi connectivity index (χ3v) is 2.02. The minimum Gasteiger partial charge on any atom is -0.496 e. The van der Waals surface area contributed by atoms with Crippen LogP contribution in [0.5, 0.6) is 11.6 Å². The van der Waals surface area contributed by atoms with E-state index in [1.165, 1.54) is 20.3 Å². The molecular formula is C10H11F2NO4. The number of nitrogens with zero attached hydrogens (tertiary/aromatic N) is 1. The summed E-state index contributed by atoms with van der Waals surface area (Å²) in [5.41, 5.74) is -1.13. The van der Waals surface area contributed by atoms with E-state index < -0.39 is 23.7 Å². The predicted octanol–water partition coefficient (Wildman–Crippen LogP) is 1.82. The number of hydrogen-bond acceptors (Lipinski definition) is 5. The fourth-order valence-corrected chi connectivity index (χ4v) is 1.25. The van der Waals surface area contributed by atoms with Gasteiger partial charge in [-0.25, -0.2) is 18.6 Å². The summed E-state index contributed by atoms with van der Waals surface area (Å²) in [7, 11) is 3.58. The van der Waals surface area contributed by atoms with E-state index in [1.807, 2.05) is 0 Å². The van der Waals surface area contributed by atoms with Crippen molar-refractivity contribution < 1.29 is 27.8 Å². The molecule has 1 heterocycles. The smallest absolute Gasteiger partial charge is 0.357 e. The number of halogens is 2. The molecule has 0 fully saturated rings. The standard InChI is InChI=1S/C10H11F2NO4/c1-15-5-4-6(16-2)13-8(10(14)17-3)7(5)9(11)12/h4,9H,1-3H3. The first kappa shape index (κ1) is 13.1. The van der Waals surface area contributed by atoms with E-state index in [2.05, 4.69) is 9.72 Å². The van der Waals surface area contributed by atoms with Gasteiger partial charge in [0.25, 0.3) is 6.43 Å². The molecule has 0 spiro atoms. The minimum atomic E-state index is -2.91.